The van der Waals surface area contributed by atoms with Crippen molar-refractivity contribution in [3.8, 4) is 22.8 Å². The predicted octanol–water partition coefficient (Wildman–Crippen LogP) is 3.50. The average Bonchev–Trinajstić information content (AvgIpc) is 2.87. The van der Waals surface area contributed by atoms with E-state index in [0.717, 1.165) is 5.56 Å². The van der Waals surface area contributed by atoms with Crippen molar-refractivity contribution in [2.24, 2.45) is 0 Å². The molecule has 3 aromatic rings. The number of hydrogen-bond acceptors (Lipinski definition) is 5. The van der Waals surface area contributed by atoms with Crippen LogP contribution in [0.15, 0.2) is 59.1 Å². The monoisotopic (exact) mass is 268 g/mol. The van der Waals surface area contributed by atoms with E-state index >= 15 is 0 Å². The third kappa shape index (κ3) is 2.56. The van der Waals surface area contributed by atoms with Crippen molar-refractivity contribution in [2.45, 2.75) is 0 Å². The third-order valence-corrected chi connectivity index (χ3v) is 2.73. The Balaban J connectivity index is 1.84. The van der Waals surface area contributed by atoms with Crippen LogP contribution in [0.3, 0.4) is 0 Å². The SMILES string of the molecule is Oc1cccc(Nc2ncc(-c3cccc(O)c3)o2)c1. The molecule has 5 nitrogen and oxygen atoms in total. The summed E-state index contributed by atoms with van der Waals surface area (Å²) in [6.45, 7) is 0. The molecule has 0 saturated carbocycles. The minimum Gasteiger partial charge on any atom is -0.508 e. The summed E-state index contributed by atoms with van der Waals surface area (Å²) in [5, 5.41) is 21.8. The minimum atomic E-state index is 0.162. The van der Waals surface area contributed by atoms with Crippen molar-refractivity contribution < 1.29 is 14.6 Å². The second kappa shape index (κ2) is 4.97. The first-order valence-corrected chi connectivity index (χ1v) is 6.02. The molecule has 3 N–H and O–H groups in total. The number of hydrogen-bond donors (Lipinski definition) is 3. The van der Waals surface area contributed by atoms with Gasteiger partial charge in [0.1, 0.15) is 11.5 Å². The summed E-state index contributed by atoms with van der Waals surface area (Å²) in [6.07, 6.45) is 1.57. The summed E-state index contributed by atoms with van der Waals surface area (Å²) in [4.78, 5) is 4.11. The topological polar surface area (TPSA) is 78.5 Å². The van der Waals surface area contributed by atoms with Crippen LogP contribution >= 0.6 is 0 Å². The summed E-state index contributed by atoms with van der Waals surface area (Å²) < 4.78 is 5.55. The molecule has 0 amide bonds. The van der Waals surface area contributed by atoms with Gasteiger partial charge in [0, 0.05) is 17.3 Å². The number of anilines is 2. The van der Waals surface area contributed by atoms with Gasteiger partial charge in [0.05, 0.1) is 6.20 Å². The second-order valence-electron chi connectivity index (χ2n) is 4.26. The number of aromatic hydroxyl groups is 2. The molecule has 0 aliphatic carbocycles. The Labute approximate surface area is 115 Å². The zero-order valence-corrected chi connectivity index (χ0v) is 10.4. The first kappa shape index (κ1) is 12.1. The van der Waals surface area contributed by atoms with Crippen molar-refractivity contribution in [2.75, 3.05) is 5.32 Å². The van der Waals surface area contributed by atoms with E-state index in [1.807, 2.05) is 6.07 Å². The van der Waals surface area contributed by atoms with Gasteiger partial charge in [-0.2, -0.15) is 0 Å². The van der Waals surface area contributed by atoms with Crippen LogP contribution in [0.5, 0.6) is 11.5 Å². The van der Waals surface area contributed by atoms with E-state index in [1.54, 1.807) is 48.7 Å². The lowest BCUT2D eigenvalue weighted by atomic mass is 10.2. The van der Waals surface area contributed by atoms with Gasteiger partial charge >= 0.3 is 0 Å². The maximum atomic E-state index is 9.44. The van der Waals surface area contributed by atoms with E-state index < -0.39 is 0 Å². The normalized spacial score (nSPS) is 10.4. The number of rotatable bonds is 3. The Morgan fingerprint density at radius 3 is 2.45 bits per heavy atom. The second-order valence-corrected chi connectivity index (χ2v) is 4.26. The van der Waals surface area contributed by atoms with Gasteiger partial charge < -0.3 is 19.9 Å². The number of phenolic OH excluding ortho intramolecular Hbond substituents is 2. The van der Waals surface area contributed by atoms with Crippen LogP contribution < -0.4 is 5.32 Å². The highest BCUT2D eigenvalue weighted by molar-refractivity contribution is 5.61. The molecular weight excluding hydrogens is 256 g/mol. The fourth-order valence-corrected chi connectivity index (χ4v) is 1.83. The maximum Gasteiger partial charge on any atom is 0.299 e. The number of aromatic nitrogens is 1. The molecule has 5 heteroatoms. The molecule has 1 aromatic heterocycles. The molecule has 2 aromatic carbocycles. The van der Waals surface area contributed by atoms with Gasteiger partial charge in [-0.3, -0.25) is 0 Å². The number of oxazole rings is 1. The van der Waals surface area contributed by atoms with Crippen molar-refractivity contribution >= 4 is 11.7 Å². The van der Waals surface area contributed by atoms with E-state index in [4.69, 9.17) is 4.42 Å². The largest absolute Gasteiger partial charge is 0.508 e. The van der Waals surface area contributed by atoms with Crippen LogP contribution in [0, 0.1) is 0 Å². The van der Waals surface area contributed by atoms with Gasteiger partial charge in [0.15, 0.2) is 5.76 Å². The lowest BCUT2D eigenvalue weighted by molar-refractivity contribution is 0.474. The fourth-order valence-electron chi connectivity index (χ4n) is 1.83. The van der Waals surface area contributed by atoms with Gasteiger partial charge in [-0.15, -0.1) is 0 Å². The Morgan fingerprint density at radius 1 is 0.950 bits per heavy atom. The minimum absolute atomic E-state index is 0.162. The van der Waals surface area contributed by atoms with Crippen LogP contribution in [-0.4, -0.2) is 15.2 Å². The van der Waals surface area contributed by atoms with Crippen molar-refractivity contribution in [3.63, 3.8) is 0 Å². The number of phenols is 2. The summed E-state index contributed by atoms with van der Waals surface area (Å²) in [6, 6.07) is 13.7. The van der Waals surface area contributed by atoms with Gasteiger partial charge in [0.25, 0.3) is 6.01 Å². The molecular formula is C15H12N2O3. The highest BCUT2D eigenvalue weighted by Gasteiger charge is 2.07. The van der Waals surface area contributed by atoms with E-state index in [1.165, 1.54) is 0 Å². The van der Waals surface area contributed by atoms with Crippen LogP contribution in [-0.2, 0) is 0 Å². The van der Waals surface area contributed by atoms with Crippen LogP contribution in [0.4, 0.5) is 11.7 Å². The van der Waals surface area contributed by atoms with Gasteiger partial charge in [0.2, 0.25) is 0 Å². The van der Waals surface area contributed by atoms with Gasteiger partial charge in [-0.1, -0.05) is 18.2 Å². The van der Waals surface area contributed by atoms with E-state index in [-0.39, 0.29) is 11.5 Å². The summed E-state index contributed by atoms with van der Waals surface area (Å²) in [5.41, 5.74) is 1.41. The molecule has 1 heterocycles. The van der Waals surface area contributed by atoms with Crippen LogP contribution in [0.2, 0.25) is 0 Å². The van der Waals surface area contributed by atoms with Gasteiger partial charge in [-0.25, -0.2) is 4.98 Å². The highest BCUT2D eigenvalue weighted by Crippen LogP contribution is 2.27. The highest BCUT2D eigenvalue weighted by atomic mass is 16.4. The number of nitrogens with one attached hydrogen (secondary N) is 1. The molecule has 0 saturated heterocycles. The van der Waals surface area contributed by atoms with Crippen molar-refractivity contribution in [3.05, 3.63) is 54.7 Å². The van der Waals surface area contributed by atoms with Crippen molar-refractivity contribution in [1.82, 2.24) is 4.98 Å². The average molecular weight is 268 g/mol. The zero-order valence-electron chi connectivity index (χ0n) is 10.4. The van der Waals surface area contributed by atoms with Crippen molar-refractivity contribution in [1.29, 1.82) is 0 Å². The molecule has 0 atom stereocenters. The fraction of sp³-hybridized carbons (Fsp3) is 0. The molecule has 0 bridgehead atoms. The molecule has 0 aliphatic heterocycles. The number of nitrogens with zero attached hydrogens (tertiary/aromatic N) is 1. The van der Waals surface area contributed by atoms with E-state index in [0.29, 0.717) is 17.5 Å². The number of benzene rings is 2. The standard InChI is InChI=1S/C15H12N2O3/c18-12-5-1-3-10(7-12)14-9-16-15(20-14)17-11-4-2-6-13(19)8-11/h1-9,18-19H,(H,16,17). The van der Waals surface area contributed by atoms with Crippen LogP contribution in [0.1, 0.15) is 0 Å². The lowest BCUT2D eigenvalue weighted by Gasteiger charge is -2.02. The summed E-state index contributed by atoms with van der Waals surface area (Å²) in [7, 11) is 0. The van der Waals surface area contributed by atoms with Gasteiger partial charge in [-0.05, 0) is 24.3 Å². The molecule has 0 spiro atoms. The van der Waals surface area contributed by atoms with E-state index in [2.05, 4.69) is 10.3 Å². The molecule has 3 rings (SSSR count). The Hall–Kier alpha value is -2.95. The predicted molar refractivity (Wildman–Crippen MR) is 75.0 cm³/mol. The van der Waals surface area contributed by atoms with Crippen LogP contribution in [0.25, 0.3) is 11.3 Å². The summed E-state index contributed by atoms with van der Waals surface area (Å²) >= 11 is 0. The molecule has 0 fully saturated rings. The Morgan fingerprint density at radius 2 is 1.70 bits per heavy atom. The summed E-state index contributed by atoms with van der Waals surface area (Å²) in [5.74, 6) is 0.875. The maximum absolute atomic E-state index is 9.44. The third-order valence-electron chi connectivity index (χ3n) is 2.73. The Kier molecular flexibility index (Phi) is 3.01. The molecule has 0 radical (unpaired) electrons. The van der Waals surface area contributed by atoms with E-state index in [9.17, 15) is 10.2 Å². The lowest BCUT2D eigenvalue weighted by Crippen LogP contribution is -1.88. The molecule has 0 unspecified atom stereocenters. The first-order chi connectivity index (χ1) is 9.70. The quantitative estimate of drug-likeness (QED) is 0.677. The molecule has 0 aliphatic rings. The first-order valence-electron chi connectivity index (χ1n) is 6.02. The Bertz CT molecular complexity index is 737. The molecule has 100 valence electrons. The smallest absolute Gasteiger partial charge is 0.299 e. The molecule has 20 heavy (non-hydrogen) atoms. The zero-order chi connectivity index (χ0) is 13.9.